The molecule has 0 N–H and O–H groups in total. The summed E-state index contributed by atoms with van der Waals surface area (Å²) in [5.74, 6) is 1.25. The van der Waals surface area contributed by atoms with Gasteiger partial charge in [-0.05, 0) is 12.1 Å². The number of aryl methyl sites for hydroxylation is 1. The maximum atomic E-state index is 5.46. The van der Waals surface area contributed by atoms with E-state index >= 15 is 0 Å². The lowest BCUT2D eigenvalue weighted by Gasteiger charge is -1.91. The molecule has 72 valence electrons. The van der Waals surface area contributed by atoms with Crippen molar-refractivity contribution in [3.63, 3.8) is 0 Å². The van der Waals surface area contributed by atoms with Crippen LogP contribution in [0.4, 0.5) is 0 Å². The Bertz CT molecular complexity index is 400. The zero-order valence-electron chi connectivity index (χ0n) is 7.48. The molecule has 0 bridgehead atoms. The summed E-state index contributed by atoms with van der Waals surface area (Å²) in [6.45, 7) is 0. The van der Waals surface area contributed by atoms with E-state index in [0.717, 1.165) is 17.3 Å². The molecule has 3 nitrogen and oxygen atoms in total. The average Bonchev–Trinajstić information content (AvgIpc) is 2.68. The predicted molar refractivity (Wildman–Crippen MR) is 57.2 cm³/mol. The third kappa shape index (κ3) is 2.01. The van der Waals surface area contributed by atoms with E-state index in [1.807, 2.05) is 30.3 Å². The number of rotatable bonds is 3. The van der Waals surface area contributed by atoms with Crippen LogP contribution in [0.3, 0.4) is 0 Å². The van der Waals surface area contributed by atoms with Crippen LogP contribution in [0.2, 0.25) is 0 Å². The molecule has 0 saturated heterocycles. The minimum atomic E-state index is 0.585. The van der Waals surface area contributed by atoms with Crippen molar-refractivity contribution < 1.29 is 4.42 Å². The fourth-order valence-electron chi connectivity index (χ4n) is 1.13. The Morgan fingerprint density at radius 1 is 1.14 bits per heavy atom. The summed E-state index contributed by atoms with van der Waals surface area (Å²) in [4.78, 5) is 0. The lowest BCUT2D eigenvalue weighted by atomic mass is 10.2. The Morgan fingerprint density at radius 3 is 2.64 bits per heavy atom. The first-order chi connectivity index (χ1) is 6.90. The van der Waals surface area contributed by atoms with Crippen molar-refractivity contribution in [2.45, 2.75) is 6.42 Å². The molecule has 0 spiro atoms. The Balaban J connectivity index is 2.25. The van der Waals surface area contributed by atoms with Gasteiger partial charge in [-0.25, -0.2) is 0 Å². The van der Waals surface area contributed by atoms with Crippen LogP contribution in [0, 0.1) is 0 Å². The highest BCUT2D eigenvalue weighted by atomic mass is 79.9. The minimum Gasteiger partial charge on any atom is -0.421 e. The van der Waals surface area contributed by atoms with Crippen molar-refractivity contribution in [1.82, 2.24) is 10.2 Å². The molecule has 0 aliphatic rings. The first-order valence-electron chi connectivity index (χ1n) is 4.34. The highest BCUT2D eigenvalue weighted by molar-refractivity contribution is 9.09. The molecule has 4 heteroatoms. The van der Waals surface area contributed by atoms with Gasteiger partial charge in [0, 0.05) is 17.3 Å². The van der Waals surface area contributed by atoms with Gasteiger partial charge in [0.25, 0.3) is 0 Å². The predicted octanol–water partition coefficient (Wildman–Crippen LogP) is 2.67. The standard InChI is InChI=1S/C10H9BrN2O/c11-7-6-9-12-13-10(14-9)8-4-2-1-3-5-8/h1-5H,6-7H2. The second kappa shape index (κ2) is 4.37. The summed E-state index contributed by atoms with van der Waals surface area (Å²) in [6, 6.07) is 9.75. The van der Waals surface area contributed by atoms with Crippen molar-refractivity contribution in [3.05, 3.63) is 36.2 Å². The van der Waals surface area contributed by atoms with Crippen LogP contribution < -0.4 is 0 Å². The molecule has 0 saturated carbocycles. The molecule has 1 heterocycles. The normalized spacial score (nSPS) is 10.4. The Kier molecular flexibility index (Phi) is 2.93. The Morgan fingerprint density at radius 2 is 1.93 bits per heavy atom. The minimum absolute atomic E-state index is 0.585. The van der Waals surface area contributed by atoms with Gasteiger partial charge in [-0.1, -0.05) is 34.1 Å². The first kappa shape index (κ1) is 9.40. The molecule has 0 amide bonds. The van der Waals surface area contributed by atoms with E-state index < -0.39 is 0 Å². The molecule has 0 radical (unpaired) electrons. The van der Waals surface area contributed by atoms with Gasteiger partial charge in [0.05, 0.1) is 0 Å². The van der Waals surface area contributed by atoms with Gasteiger partial charge in [0.1, 0.15) is 0 Å². The molecule has 0 aliphatic carbocycles. The van der Waals surface area contributed by atoms with Crippen LogP contribution in [0.25, 0.3) is 11.5 Å². The second-order valence-electron chi connectivity index (χ2n) is 2.81. The number of alkyl halides is 1. The van der Waals surface area contributed by atoms with Gasteiger partial charge in [0.2, 0.25) is 11.8 Å². The summed E-state index contributed by atoms with van der Waals surface area (Å²) in [5, 5.41) is 8.74. The molecule has 1 aromatic heterocycles. The lowest BCUT2D eigenvalue weighted by Crippen LogP contribution is -1.83. The topological polar surface area (TPSA) is 38.9 Å². The van der Waals surface area contributed by atoms with E-state index in [0.29, 0.717) is 11.8 Å². The van der Waals surface area contributed by atoms with E-state index in [1.165, 1.54) is 0 Å². The molecule has 14 heavy (non-hydrogen) atoms. The smallest absolute Gasteiger partial charge is 0.247 e. The highest BCUT2D eigenvalue weighted by Crippen LogP contribution is 2.16. The van der Waals surface area contributed by atoms with Crippen LogP contribution >= 0.6 is 15.9 Å². The largest absolute Gasteiger partial charge is 0.421 e. The monoisotopic (exact) mass is 252 g/mol. The molecule has 0 fully saturated rings. The van der Waals surface area contributed by atoms with Crippen LogP contribution in [-0.2, 0) is 6.42 Å². The second-order valence-corrected chi connectivity index (χ2v) is 3.60. The Hall–Kier alpha value is -1.16. The quantitative estimate of drug-likeness (QED) is 0.789. The fourth-order valence-corrected chi connectivity index (χ4v) is 1.47. The molecule has 2 aromatic rings. The van der Waals surface area contributed by atoms with Crippen molar-refractivity contribution in [2.75, 3.05) is 5.33 Å². The SMILES string of the molecule is BrCCc1nnc(-c2ccccc2)o1. The van der Waals surface area contributed by atoms with Crippen molar-refractivity contribution >= 4 is 15.9 Å². The van der Waals surface area contributed by atoms with Gasteiger partial charge < -0.3 is 4.42 Å². The van der Waals surface area contributed by atoms with Gasteiger partial charge >= 0.3 is 0 Å². The molecular weight excluding hydrogens is 244 g/mol. The van der Waals surface area contributed by atoms with Gasteiger partial charge in [0.15, 0.2) is 0 Å². The molecule has 0 unspecified atom stereocenters. The summed E-state index contributed by atoms with van der Waals surface area (Å²) in [6.07, 6.45) is 0.764. The van der Waals surface area contributed by atoms with Gasteiger partial charge in [-0.3, -0.25) is 0 Å². The summed E-state index contributed by atoms with van der Waals surface area (Å²) < 4.78 is 5.46. The van der Waals surface area contributed by atoms with Crippen LogP contribution in [-0.4, -0.2) is 15.5 Å². The van der Waals surface area contributed by atoms with E-state index in [2.05, 4.69) is 26.1 Å². The van der Waals surface area contributed by atoms with E-state index in [1.54, 1.807) is 0 Å². The maximum absolute atomic E-state index is 5.46. The van der Waals surface area contributed by atoms with Gasteiger partial charge in [-0.15, -0.1) is 10.2 Å². The molecule has 0 atom stereocenters. The molecule has 2 rings (SSSR count). The third-order valence-electron chi connectivity index (χ3n) is 1.80. The number of hydrogen-bond acceptors (Lipinski definition) is 3. The molecular formula is C10H9BrN2O. The number of aromatic nitrogens is 2. The fraction of sp³-hybridized carbons (Fsp3) is 0.200. The van der Waals surface area contributed by atoms with Crippen molar-refractivity contribution in [3.8, 4) is 11.5 Å². The summed E-state index contributed by atoms with van der Waals surface area (Å²) in [7, 11) is 0. The number of nitrogens with zero attached hydrogens (tertiary/aromatic N) is 2. The molecule has 1 aromatic carbocycles. The van der Waals surface area contributed by atoms with Crippen LogP contribution in [0.5, 0.6) is 0 Å². The van der Waals surface area contributed by atoms with Crippen LogP contribution in [0.1, 0.15) is 5.89 Å². The van der Waals surface area contributed by atoms with Gasteiger partial charge in [-0.2, -0.15) is 0 Å². The highest BCUT2D eigenvalue weighted by Gasteiger charge is 2.06. The van der Waals surface area contributed by atoms with E-state index in [-0.39, 0.29) is 0 Å². The maximum Gasteiger partial charge on any atom is 0.247 e. The summed E-state index contributed by atoms with van der Waals surface area (Å²) >= 11 is 3.32. The number of hydrogen-bond donors (Lipinski definition) is 0. The zero-order valence-corrected chi connectivity index (χ0v) is 9.07. The first-order valence-corrected chi connectivity index (χ1v) is 5.46. The number of benzene rings is 1. The molecule has 0 aliphatic heterocycles. The van der Waals surface area contributed by atoms with E-state index in [4.69, 9.17) is 4.42 Å². The Labute approximate surface area is 90.3 Å². The zero-order chi connectivity index (χ0) is 9.80. The summed E-state index contributed by atoms with van der Waals surface area (Å²) in [5.41, 5.74) is 0.959. The average molecular weight is 253 g/mol. The lowest BCUT2D eigenvalue weighted by molar-refractivity contribution is 0.514. The van der Waals surface area contributed by atoms with E-state index in [9.17, 15) is 0 Å². The van der Waals surface area contributed by atoms with Crippen molar-refractivity contribution in [2.24, 2.45) is 0 Å². The third-order valence-corrected chi connectivity index (χ3v) is 2.19. The van der Waals surface area contributed by atoms with Crippen LogP contribution in [0.15, 0.2) is 34.7 Å². The van der Waals surface area contributed by atoms with Crippen molar-refractivity contribution in [1.29, 1.82) is 0 Å². The number of halogens is 1.